The van der Waals surface area contributed by atoms with Crippen molar-refractivity contribution >= 4 is 11.6 Å². The average Bonchev–Trinajstić information content (AvgIpc) is 2.46. The zero-order valence-corrected chi connectivity index (χ0v) is 12.6. The van der Waals surface area contributed by atoms with Crippen molar-refractivity contribution in [1.82, 2.24) is 0 Å². The SMILES string of the molecule is C[NH+]1CC[NH+](CCC(=O)Nc2cccc(C(F)(F)F)c2)CC1. The number of carbonyl (C=O) groups is 1. The molecule has 1 saturated heterocycles. The van der Waals surface area contributed by atoms with Gasteiger partial charge in [-0.3, -0.25) is 4.79 Å². The number of halogens is 3. The van der Waals surface area contributed by atoms with E-state index in [4.69, 9.17) is 0 Å². The molecule has 4 nitrogen and oxygen atoms in total. The number of hydrogen-bond donors (Lipinski definition) is 3. The minimum Gasteiger partial charge on any atom is -0.328 e. The number of piperazine rings is 1. The first kappa shape index (κ1) is 16.8. The molecule has 1 heterocycles. The van der Waals surface area contributed by atoms with E-state index in [9.17, 15) is 18.0 Å². The smallest absolute Gasteiger partial charge is 0.328 e. The van der Waals surface area contributed by atoms with E-state index in [1.54, 1.807) is 0 Å². The lowest BCUT2D eigenvalue weighted by atomic mass is 10.2. The van der Waals surface area contributed by atoms with Crippen LogP contribution in [0.4, 0.5) is 18.9 Å². The molecule has 1 aromatic carbocycles. The lowest BCUT2D eigenvalue weighted by Crippen LogP contribution is -3.27. The first-order valence-electron chi connectivity index (χ1n) is 7.46. The van der Waals surface area contributed by atoms with Crippen molar-refractivity contribution in [2.24, 2.45) is 0 Å². The topological polar surface area (TPSA) is 38.0 Å². The van der Waals surface area contributed by atoms with Crippen LogP contribution in [0, 0.1) is 0 Å². The summed E-state index contributed by atoms with van der Waals surface area (Å²) < 4.78 is 37.8. The van der Waals surface area contributed by atoms with Crippen molar-refractivity contribution in [3.8, 4) is 0 Å². The summed E-state index contributed by atoms with van der Waals surface area (Å²) in [4.78, 5) is 14.7. The summed E-state index contributed by atoms with van der Waals surface area (Å²) in [5, 5.41) is 2.55. The van der Waals surface area contributed by atoms with Gasteiger partial charge in [-0.15, -0.1) is 0 Å². The van der Waals surface area contributed by atoms with Gasteiger partial charge in [-0.05, 0) is 18.2 Å². The molecule has 0 spiro atoms. The van der Waals surface area contributed by atoms with E-state index in [0.29, 0.717) is 6.42 Å². The van der Waals surface area contributed by atoms with Gasteiger partial charge in [-0.1, -0.05) is 6.07 Å². The van der Waals surface area contributed by atoms with Gasteiger partial charge in [0.05, 0.1) is 25.6 Å². The number of rotatable bonds is 4. The monoisotopic (exact) mass is 317 g/mol. The lowest BCUT2D eigenvalue weighted by Gasteiger charge is -2.27. The Morgan fingerprint density at radius 2 is 1.91 bits per heavy atom. The highest BCUT2D eigenvalue weighted by Gasteiger charge is 2.30. The van der Waals surface area contributed by atoms with E-state index < -0.39 is 11.7 Å². The van der Waals surface area contributed by atoms with Crippen LogP contribution in [-0.4, -0.2) is 45.7 Å². The summed E-state index contributed by atoms with van der Waals surface area (Å²) in [7, 11) is 2.15. The number of anilines is 1. The van der Waals surface area contributed by atoms with Crippen LogP contribution in [0.1, 0.15) is 12.0 Å². The van der Waals surface area contributed by atoms with Crippen molar-refractivity contribution < 1.29 is 27.8 Å². The zero-order chi connectivity index (χ0) is 16.2. The summed E-state index contributed by atoms with van der Waals surface area (Å²) in [5.41, 5.74) is -0.560. The Labute approximate surface area is 127 Å². The largest absolute Gasteiger partial charge is 0.416 e. The molecule has 7 heteroatoms. The van der Waals surface area contributed by atoms with Crippen LogP contribution in [-0.2, 0) is 11.0 Å². The van der Waals surface area contributed by atoms with E-state index in [2.05, 4.69) is 12.4 Å². The second-order valence-corrected chi connectivity index (χ2v) is 5.83. The maximum atomic E-state index is 12.6. The quantitative estimate of drug-likeness (QED) is 0.685. The third-order valence-corrected chi connectivity index (χ3v) is 3.99. The summed E-state index contributed by atoms with van der Waals surface area (Å²) >= 11 is 0. The van der Waals surface area contributed by atoms with Gasteiger partial charge in [-0.25, -0.2) is 0 Å². The number of quaternary nitrogens is 2. The third-order valence-electron chi connectivity index (χ3n) is 3.99. The minimum atomic E-state index is -4.40. The summed E-state index contributed by atoms with van der Waals surface area (Å²) in [6.07, 6.45) is -4.07. The highest BCUT2D eigenvalue weighted by atomic mass is 19.4. The number of benzene rings is 1. The summed E-state index contributed by atoms with van der Waals surface area (Å²) in [5.74, 6) is -0.238. The molecule has 122 valence electrons. The van der Waals surface area contributed by atoms with E-state index >= 15 is 0 Å². The number of nitrogens with one attached hydrogen (secondary N) is 3. The molecule has 1 amide bonds. The molecule has 0 unspecified atom stereocenters. The van der Waals surface area contributed by atoms with Crippen molar-refractivity contribution in [1.29, 1.82) is 0 Å². The second-order valence-electron chi connectivity index (χ2n) is 5.83. The van der Waals surface area contributed by atoms with Gasteiger partial charge in [0, 0.05) is 5.69 Å². The molecule has 0 radical (unpaired) electrons. The average molecular weight is 317 g/mol. The summed E-state index contributed by atoms with van der Waals surface area (Å²) in [6.45, 7) is 4.96. The molecule has 3 N–H and O–H groups in total. The Bertz CT molecular complexity index is 511. The number of hydrogen-bond acceptors (Lipinski definition) is 1. The molecule has 0 bridgehead atoms. The van der Waals surface area contributed by atoms with E-state index in [0.717, 1.165) is 44.9 Å². The maximum Gasteiger partial charge on any atom is 0.416 e. The van der Waals surface area contributed by atoms with Crippen molar-refractivity contribution in [3.63, 3.8) is 0 Å². The van der Waals surface area contributed by atoms with Gasteiger partial charge in [-0.2, -0.15) is 13.2 Å². The lowest BCUT2D eigenvalue weighted by molar-refractivity contribution is -1.00. The molecule has 1 aliphatic heterocycles. The zero-order valence-electron chi connectivity index (χ0n) is 12.6. The minimum absolute atomic E-state index is 0.192. The number of alkyl halides is 3. The van der Waals surface area contributed by atoms with Gasteiger partial charge in [0.1, 0.15) is 26.2 Å². The molecule has 0 saturated carbocycles. The molecule has 2 rings (SSSR count). The molecule has 1 aromatic rings. The highest BCUT2D eigenvalue weighted by Crippen LogP contribution is 2.30. The van der Waals surface area contributed by atoms with Crippen LogP contribution in [0.2, 0.25) is 0 Å². The van der Waals surface area contributed by atoms with Crippen molar-refractivity contribution in [3.05, 3.63) is 29.8 Å². The Morgan fingerprint density at radius 1 is 1.23 bits per heavy atom. The number of carbonyl (C=O) groups excluding carboxylic acids is 1. The highest BCUT2D eigenvalue weighted by molar-refractivity contribution is 5.90. The Morgan fingerprint density at radius 3 is 2.55 bits per heavy atom. The first-order chi connectivity index (χ1) is 10.3. The third kappa shape index (κ3) is 4.99. The van der Waals surface area contributed by atoms with Gasteiger partial charge in [0.2, 0.25) is 5.91 Å². The Hall–Kier alpha value is -1.60. The molecule has 0 atom stereocenters. The van der Waals surface area contributed by atoms with Crippen LogP contribution in [0.25, 0.3) is 0 Å². The fraction of sp³-hybridized carbons (Fsp3) is 0.533. The number of likely N-dealkylation sites (N-methyl/N-ethyl adjacent to an activating group) is 1. The van der Waals surface area contributed by atoms with E-state index in [-0.39, 0.29) is 11.6 Å². The van der Waals surface area contributed by atoms with Crippen LogP contribution in [0.3, 0.4) is 0 Å². The fourth-order valence-corrected chi connectivity index (χ4v) is 2.57. The normalized spacial score (nSPS) is 22.4. The first-order valence-corrected chi connectivity index (χ1v) is 7.46. The molecule has 1 fully saturated rings. The van der Waals surface area contributed by atoms with E-state index in [1.165, 1.54) is 21.9 Å². The van der Waals surface area contributed by atoms with E-state index in [1.807, 2.05) is 0 Å². The molecular formula is C15H22F3N3O+2. The standard InChI is InChI=1S/C15H20F3N3O/c1-20-7-9-21(10-8-20)6-5-14(22)19-13-4-2-3-12(11-13)15(16,17)18/h2-4,11H,5-10H2,1H3,(H,19,22)/p+2. The predicted octanol–water partition coefficient (Wildman–Crippen LogP) is -0.553. The van der Waals surface area contributed by atoms with Gasteiger partial charge >= 0.3 is 6.18 Å². The number of amides is 1. The molecule has 0 aliphatic carbocycles. The van der Waals surface area contributed by atoms with Crippen LogP contribution in [0.5, 0.6) is 0 Å². The van der Waals surface area contributed by atoms with Crippen LogP contribution < -0.4 is 15.1 Å². The van der Waals surface area contributed by atoms with Gasteiger partial charge in [0.15, 0.2) is 0 Å². The van der Waals surface area contributed by atoms with Crippen LogP contribution >= 0.6 is 0 Å². The molecule has 0 aromatic heterocycles. The molecule has 22 heavy (non-hydrogen) atoms. The maximum absolute atomic E-state index is 12.6. The Kier molecular flexibility index (Phi) is 5.42. The molecule has 1 aliphatic rings. The molecular weight excluding hydrogens is 295 g/mol. The predicted molar refractivity (Wildman–Crippen MR) is 76.9 cm³/mol. The second kappa shape index (κ2) is 7.11. The van der Waals surface area contributed by atoms with Gasteiger partial charge < -0.3 is 15.1 Å². The fourth-order valence-electron chi connectivity index (χ4n) is 2.57. The van der Waals surface area contributed by atoms with Crippen LogP contribution in [0.15, 0.2) is 24.3 Å². The van der Waals surface area contributed by atoms with Crippen molar-refractivity contribution in [2.75, 3.05) is 45.1 Å². The van der Waals surface area contributed by atoms with Gasteiger partial charge in [0.25, 0.3) is 0 Å². The summed E-state index contributed by atoms with van der Waals surface area (Å²) in [6, 6.07) is 4.72. The van der Waals surface area contributed by atoms with Crippen molar-refractivity contribution in [2.45, 2.75) is 12.6 Å². The Balaban J connectivity index is 1.82.